The first kappa shape index (κ1) is 17.3. The van der Waals surface area contributed by atoms with Crippen LogP contribution in [0.5, 0.6) is 5.75 Å². The molecule has 1 aromatic rings. The highest BCUT2D eigenvalue weighted by Gasteiger charge is 2.10. The topological polar surface area (TPSA) is 12.5 Å². The average molecular weight is 298 g/mol. The Morgan fingerprint density at radius 3 is 2.35 bits per heavy atom. The summed E-state index contributed by atoms with van der Waals surface area (Å²) in [6.07, 6.45) is 5.49. The number of benzene rings is 1. The van der Waals surface area contributed by atoms with Crippen molar-refractivity contribution in [1.29, 1.82) is 0 Å². The molecule has 1 aliphatic heterocycles. The number of ether oxygens (including phenoxy) is 1. The van der Waals surface area contributed by atoms with Crippen LogP contribution in [0, 0.1) is 0 Å². The predicted molar refractivity (Wildman–Crippen MR) is 88.2 cm³/mol. The first-order valence-electron chi connectivity index (χ1n) is 7.71. The van der Waals surface area contributed by atoms with E-state index in [0.717, 1.165) is 18.9 Å². The predicted octanol–water partition coefficient (Wildman–Crippen LogP) is 4.49. The molecule has 0 amide bonds. The molecule has 114 valence electrons. The normalized spacial score (nSPS) is 16.6. The van der Waals surface area contributed by atoms with Crippen molar-refractivity contribution in [2.24, 2.45) is 0 Å². The van der Waals surface area contributed by atoms with Crippen molar-refractivity contribution in [1.82, 2.24) is 4.90 Å². The molecule has 1 aliphatic rings. The summed E-state index contributed by atoms with van der Waals surface area (Å²) in [6, 6.07) is 8.42. The van der Waals surface area contributed by atoms with Gasteiger partial charge in [0.25, 0.3) is 0 Å². The molecule has 20 heavy (non-hydrogen) atoms. The minimum atomic E-state index is 0. The van der Waals surface area contributed by atoms with Crippen LogP contribution in [0.3, 0.4) is 0 Å². The van der Waals surface area contributed by atoms with Crippen LogP contribution in [0.25, 0.3) is 0 Å². The van der Waals surface area contributed by atoms with E-state index in [4.69, 9.17) is 4.74 Å². The lowest BCUT2D eigenvalue weighted by molar-refractivity contribution is 0.212. The summed E-state index contributed by atoms with van der Waals surface area (Å²) >= 11 is 0. The van der Waals surface area contributed by atoms with Gasteiger partial charge in [-0.3, -0.25) is 4.90 Å². The monoisotopic (exact) mass is 297 g/mol. The number of para-hydroxylation sites is 1. The second-order valence-electron chi connectivity index (χ2n) is 5.80. The Kier molecular flexibility index (Phi) is 8.01. The third-order valence-corrected chi connectivity index (χ3v) is 3.90. The molecule has 0 aliphatic carbocycles. The number of rotatable bonds is 5. The Hall–Kier alpha value is -0.730. The van der Waals surface area contributed by atoms with Gasteiger partial charge in [-0.05, 0) is 43.5 Å². The molecular formula is C17H28ClNO. The van der Waals surface area contributed by atoms with Gasteiger partial charge in [0, 0.05) is 6.54 Å². The minimum absolute atomic E-state index is 0. The van der Waals surface area contributed by atoms with Gasteiger partial charge in [0.05, 0.1) is 0 Å². The summed E-state index contributed by atoms with van der Waals surface area (Å²) in [4.78, 5) is 2.55. The number of hydrogen-bond acceptors (Lipinski definition) is 2. The highest BCUT2D eigenvalue weighted by Crippen LogP contribution is 2.25. The summed E-state index contributed by atoms with van der Waals surface area (Å²) in [6.45, 7) is 8.80. The zero-order chi connectivity index (χ0) is 13.5. The van der Waals surface area contributed by atoms with Gasteiger partial charge in [0.15, 0.2) is 0 Å². The largest absolute Gasteiger partial charge is 0.492 e. The van der Waals surface area contributed by atoms with Crippen LogP contribution in [0.1, 0.15) is 51.0 Å². The molecule has 2 rings (SSSR count). The Bertz CT molecular complexity index is 373. The highest BCUT2D eigenvalue weighted by molar-refractivity contribution is 5.85. The van der Waals surface area contributed by atoms with E-state index >= 15 is 0 Å². The molecule has 0 unspecified atom stereocenters. The molecule has 0 saturated carbocycles. The fraction of sp³-hybridized carbons (Fsp3) is 0.647. The van der Waals surface area contributed by atoms with E-state index in [1.807, 2.05) is 0 Å². The van der Waals surface area contributed by atoms with Crippen molar-refractivity contribution < 1.29 is 4.74 Å². The highest BCUT2D eigenvalue weighted by atomic mass is 35.5. The smallest absolute Gasteiger partial charge is 0.122 e. The summed E-state index contributed by atoms with van der Waals surface area (Å²) in [7, 11) is 0. The Labute approximate surface area is 129 Å². The van der Waals surface area contributed by atoms with Gasteiger partial charge in [-0.2, -0.15) is 0 Å². The zero-order valence-electron chi connectivity index (χ0n) is 12.8. The first-order valence-corrected chi connectivity index (χ1v) is 7.71. The van der Waals surface area contributed by atoms with Gasteiger partial charge in [-0.15, -0.1) is 12.4 Å². The van der Waals surface area contributed by atoms with E-state index in [1.54, 1.807) is 0 Å². The third kappa shape index (κ3) is 5.34. The van der Waals surface area contributed by atoms with Crippen molar-refractivity contribution in [3.05, 3.63) is 29.8 Å². The fourth-order valence-electron chi connectivity index (χ4n) is 2.73. The standard InChI is InChI=1S/C17H27NO.ClH/c1-15(2)16-9-5-6-10-17(16)19-14-13-18-11-7-3-4-8-12-18;/h5-6,9-10,15H,3-4,7-8,11-14H2,1-2H3;1H. The fourth-order valence-corrected chi connectivity index (χ4v) is 2.73. The van der Waals surface area contributed by atoms with E-state index in [9.17, 15) is 0 Å². The zero-order valence-corrected chi connectivity index (χ0v) is 13.6. The van der Waals surface area contributed by atoms with Gasteiger partial charge < -0.3 is 4.74 Å². The van der Waals surface area contributed by atoms with Crippen molar-refractivity contribution in [3.8, 4) is 5.75 Å². The lowest BCUT2D eigenvalue weighted by atomic mass is 10.0. The second kappa shape index (κ2) is 9.25. The number of nitrogens with zero attached hydrogens (tertiary/aromatic N) is 1. The molecule has 0 bridgehead atoms. The van der Waals surface area contributed by atoms with Crippen LogP contribution in [-0.4, -0.2) is 31.1 Å². The van der Waals surface area contributed by atoms with Crippen LogP contribution in [-0.2, 0) is 0 Å². The van der Waals surface area contributed by atoms with Gasteiger partial charge in [0.1, 0.15) is 12.4 Å². The van der Waals surface area contributed by atoms with Gasteiger partial charge in [-0.1, -0.05) is 44.9 Å². The molecular weight excluding hydrogens is 270 g/mol. The quantitative estimate of drug-likeness (QED) is 0.794. The summed E-state index contributed by atoms with van der Waals surface area (Å²) in [5.41, 5.74) is 1.32. The van der Waals surface area contributed by atoms with E-state index in [1.165, 1.54) is 44.3 Å². The van der Waals surface area contributed by atoms with Crippen LogP contribution in [0.2, 0.25) is 0 Å². The Balaban J connectivity index is 0.00000200. The van der Waals surface area contributed by atoms with Gasteiger partial charge in [0.2, 0.25) is 0 Å². The van der Waals surface area contributed by atoms with E-state index in [0.29, 0.717) is 5.92 Å². The Morgan fingerprint density at radius 1 is 1.05 bits per heavy atom. The molecule has 0 aromatic heterocycles. The maximum Gasteiger partial charge on any atom is 0.122 e. The third-order valence-electron chi connectivity index (χ3n) is 3.90. The molecule has 1 heterocycles. The molecule has 1 aromatic carbocycles. The van der Waals surface area contributed by atoms with E-state index in [2.05, 4.69) is 43.0 Å². The average Bonchev–Trinajstić information content (AvgIpc) is 2.68. The van der Waals surface area contributed by atoms with Gasteiger partial charge >= 0.3 is 0 Å². The maximum atomic E-state index is 6.00. The van der Waals surface area contributed by atoms with Crippen molar-refractivity contribution in [2.75, 3.05) is 26.2 Å². The lowest BCUT2D eigenvalue weighted by Crippen LogP contribution is -2.29. The molecule has 2 nitrogen and oxygen atoms in total. The summed E-state index contributed by atoms with van der Waals surface area (Å²) in [5, 5.41) is 0. The summed E-state index contributed by atoms with van der Waals surface area (Å²) in [5.74, 6) is 1.58. The lowest BCUT2D eigenvalue weighted by Gasteiger charge is -2.20. The molecule has 0 spiro atoms. The van der Waals surface area contributed by atoms with Crippen molar-refractivity contribution >= 4 is 12.4 Å². The number of hydrogen-bond donors (Lipinski definition) is 0. The van der Waals surface area contributed by atoms with Crippen LogP contribution in [0.4, 0.5) is 0 Å². The van der Waals surface area contributed by atoms with Crippen LogP contribution in [0.15, 0.2) is 24.3 Å². The Morgan fingerprint density at radius 2 is 1.70 bits per heavy atom. The molecule has 1 saturated heterocycles. The minimum Gasteiger partial charge on any atom is -0.492 e. The van der Waals surface area contributed by atoms with Crippen LogP contribution < -0.4 is 4.74 Å². The molecule has 3 heteroatoms. The molecule has 0 atom stereocenters. The van der Waals surface area contributed by atoms with Crippen molar-refractivity contribution in [2.45, 2.75) is 45.4 Å². The summed E-state index contributed by atoms with van der Waals surface area (Å²) < 4.78 is 6.00. The van der Waals surface area contributed by atoms with Gasteiger partial charge in [-0.25, -0.2) is 0 Å². The molecule has 1 fully saturated rings. The molecule has 0 radical (unpaired) electrons. The SMILES string of the molecule is CC(C)c1ccccc1OCCN1CCCCCC1.Cl. The van der Waals surface area contributed by atoms with Crippen LogP contribution >= 0.6 is 12.4 Å². The first-order chi connectivity index (χ1) is 9.27. The number of halogens is 1. The molecule has 0 N–H and O–H groups in total. The maximum absolute atomic E-state index is 6.00. The second-order valence-corrected chi connectivity index (χ2v) is 5.80. The van der Waals surface area contributed by atoms with E-state index in [-0.39, 0.29) is 12.4 Å². The number of likely N-dealkylation sites (tertiary alicyclic amines) is 1. The van der Waals surface area contributed by atoms with Crippen molar-refractivity contribution in [3.63, 3.8) is 0 Å². The van der Waals surface area contributed by atoms with E-state index < -0.39 is 0 Å².